The molecule has 7 heteroatoms. The molecule has 0 spiro atoms. The second-order valence-corrected chi connectivity index (χ2v) is 6.47. The van der Waals surface area contributed by atoms with Gasteiger partial charge in [-0.15, -0.1) is 0 Å². The summed E-state index contributed by atoms with van der Waals surface area (Å²) in [6, 6.07) is 7.08. The molecular formula is C17H23N3O3S. The van der Waals surface area contributed by atoms with Gasteiger partial charge in [-0.3, -0.25) is 14.2 Å². The molecule has 0 radical (unpaired) electrons. The van der Waals surface area contributed by atoms with Gasteiger partial charge in [0.2, 0.25) is 5.91 Å². The van der Waals surface area contributed by atoms with E-state index in [9.17, 15) is 9.59 Å². The molecule has 0 aliphatic carbocycles. The van der Waals surface area contributed by atoms with Gasteiger partial charge in [0.25, 0.3) is 5.56 Å². The molecule has 0 saturated carbocycles. The van der Waals surface area contributed by atoms with Crippen LogP contribution in [0.3, 0.4) is 0 Å². The average Bonchev–Trinajstić information content (AvgIpc) is 2.58. The van der Waals surface area contributed by atoms with Crippen LogP contribution in [0.5, 0.6) is 0 Å². The largest absolute Gasteiger partial charge is 0.383 e. The van der Waals surface area contributed by atoms with Crippen LogP contribution in [0.15, 0.2) is 34.2 Å². The molecule has 2 rings (SSSR count). The van der Waals surface area contributed by atoms with E-state index >= 15 is 0 Å². The Balaban J connectivity index is 2.37. The molecule has 1 aromatic heterocycles. The zero-order valence-electron chi connectivity index (χ0n) is 14.2. The molecular weight excluding hydrogens is 326 g/mol. The first kappa shape index (κ1) is 18.5. The topological polar surface area (TPSA) is 73.2 Å². The minimum atomic E-state index is -0.166. The second-order valence-electron chi connectivity index (χ2n) is 5.53. The minimum absolute atomic E-state index is 0.0600. The predicted octanol–water partition coefficient (Wildman–Crippen LogP) is 2.22. The van der Waals surface area contributed by atoms with Crippen LogP contribution in [-0.2, 0) is 9.53 Å². The number of nitrogens with zero attached hydrogens (tertiary/aromatic N) is 2. The van der Waals surface area contributed by atoms with Crippen LogP contribution in [0, 0.1) is 0 Å². The summed E-state index contributed by atoms with van der Waals surface area (Å²) in [4.78, 5) is 29.3. The number of methoxy groups -OCH3 is 1. The maximum atomic E-state index is 12.8. The van der Waals surface area contributed by atoms with Crippen LogP contribution in [0.2, 0.25) is 0 Å². The first-order chi connectivity index (χ1) is 11.6. The normalized spacial score (nSPS) is 12.3. The standard InChI is InChI=1S/C17H23N3O3S/c1-4-9-18-15(21)11-24-17-19-14-8-6-5-7-13(14)16(22)20(17)12(2)10-23-3/h5-8,12H,4,9-11H2,1-3H3,(H,18,21)/t12-/m1/s1. The smallest absolute Gasteiger partial charge is 0.262 e. The summed E-state index contributed by atoms with van der Waals surface area (Å²) in [5, 5.41) is 3.94. The van der Waals surface area contributed by atoms with Crippen LogP contribution in [0.25, 0.3) is 10.9 Å². The third kappa shape index (κ3) is 4.36. The summed E-state index contributed by atoms with van der Waals surface area (Å²) in [5.74, 6) is 0.167. The van der Waals surface area contributed by atoms with Crippen molar-refractivity contribution in [3.63, 3.8) is 0 Å². The Morgan fingerprint density at radius 2 is 2.17 bits per heavy atom. The van der Waals surface area contributed by atoms with E-state index in [0.717, 1.165) is 6.42 Å². The maximum Gasteiger partial charge on any atom is 0.262 e. The molecule has 0 aliphatic heterocycles. The van der Waals surface area contributed by atoms with Gasteiger partial charge < -0.3 is 10.1 Å². The highest BCUT2D eigenvalue weighted by Crippen LogP contribution is 2.21. The van der Waals surface area contributed by atoms with Crippen molar-refractivity contribution < 1.29 is 9.53 Å². The molecule has 1 N–H and O–H groups in total. The SMILES string of the molecule is CCCNC(=O)CSc1nc2ccccc2c(=O)n1[C@H](C)COC. The van der Waals surface area contributed by atoms with Crippen molar-refractivity contribution >= 4 is 28.6 Å². The number of amides is 1. The highest BCUT2D eigenvalue weighted by atomic mass is 32.2. The van der Waals surface area contributed by atoms with E-state index in [0.29, 0.717) is 29.2 Å². The summed E-state index contributed by atoms with van der Waals surface area (Å²) in [6.45, 7) is 4.96. The van der Waals surface area contributed by atoms with Crippen molar-refractivity contribution in [1.29, 1.82) is 0 Å². The van der Waals surface area contributed by atoms with Crippen molar-refractivity contribution in [3.05, 3.63) is 34.6 Å². The van der Waals surface area contributed by atoms with E-state index < -0.39 is 0 Å². The Morgan fingerprint density at radius 1 is 1.42 bits per heavy atom. The van der Waals surface area contributed by atoms with Crippen LogP contribution in [0.4, 0.5) is 0 Å². The lowest BCUT2D eigenvalue weighted by Gasteiger charge is -2.18. The molecule has 1 amide bonds. The van der Waals surface area contributed by atoms with Crippen LogP contribution in [0.1, 0.15) is 26.3 Å². The Labute approximate surface area is 145 Å². The van der Waals surface area contributed by atoms with Crippen molar-refractivity contribution in [1.82, 2.24) is 14.9 Å². The lowest BCUT2D eigenvalue weighted by atomic mass is 10.2. The number of carbonyl (C=O) groups excluding carboxylic acids is 1. The lowest BCUT2D eigenvalue weighted by Crippen LogP contribution is -2.30. The van der Waals surface area contributed by atoms with Gasteiger partial charge in [0.1, 0.15) is 0 Å². The molecule has 0 saturated heterocycles. The molecule has 0 bridgehead atoms. The Kier molecular flexibility index (Phi) is 6.81. The molecule has 1 aromatic carbocycles. The average molecular weight is 349 g/mol. The summed E-state index contributed by atoms with van der Waals surface area (Å²) in [5.41, 5.74) is 0.529. The van der Waals surface area contributed by atoms with Crippen LogP contribution < -0.4 is 10.9 Å². The molecule has 0 fully saturated rings. The van der Waals surface area contributed by atoms with E-state index in [4.69, 9.17) is 4.74 Å². The molecule has 6 nitrogen and oxygen atoms in total. The number of carbonyl (C=O) groups is 1. The molecule has 1 atom stereocenters. The van der Waals surface area contributed by atoms with Gasteiger partial charge in [0.15, 0.2) is 5.16 Å². The van der Waals surface area contributed by atoms with Gasteiger partial charge in [0, 0.05) is 13.7 Å². The zero-order chi connectivity index (χ0) is 17.5. The molecule has 130 valence electrons. The number of ether oxygens (including phenoxy) is 1. The third-order valence-electron chi connectivity index (χ3n) is 3.53. The summed E-state index contributed by atoms with van der Waals surface area (Å²) < 4.78 is 6.80. The fourth-order valence-corrected chi connectivity index (χ4v) is 3.30. The van der Waals surface area contributed by atoms with Crippen molar-refractivity contribution in [2.24, 2.45) is 0 Å². The Morgan fingerprint density at radius 3 is 2.88 bits per heavy atom. The van der Waals surface area contributed by atoms with Gasteiger partial charge >= 0.3 is 0 Å². The molecule has 2 aromatic rings. The quantitative estimate of drug-likeness (QED) is 0.584. The van der Waals surface area contributed by atoms with Gasteiger partial charge in [-0.25, -0.2) is 4.98 Å². The van der Waals surface area contributed by atoms with E-state index in [1.54, 1.807) is 17.7 Å². The van der Waals surface area contributed by atoms with Gasteiger partial charge in [-0.1, -0.05) is 30.8 Å². The molecule has 24 heavy (non-hydrogen) atoms. The van der Waals surface area contributed by atoms with E-state index in [1.807, 2.05) is 32.0 Å². The van der Waals surface area contributed by atoms with E-state index in [1.165, 1.54) is 11.8 Å². The second kappa shape index (κ2) is 8.84. The van der Waals surface area contributed by atoms with Crippen molar-refractivity contribution in [2.45, 2.75) is 31.5 Å². The summed E-state index contributed by atoms with van der Waals surface area (Å²) >= 11 is 1.27. The van der Waals surface area contributed by atoms with Gasteiger partial charge in [0.05, 0.1) is 29.3 Å². The highest BCUT2D eigenvalue weighted by Gasteiger charge is 2.17. The number of nitrogens with one attached hydrogen (secondary N) is 1. The maximum absolute atomic E-state index is 12.8. The van der Waals surface area contributed by atoms with Gasteiger partial charge in [-0.05, 0) is 25.5 Å². The fourth-order valence-electron chi connectivity index (χ4n) is 2.38. The summed E-state index contributed by atoms with van der Waals surface area (Å²) in [6.07, 6.45) is 0.889. The number of thioether (sulfide) groups is 1. The van der Waals surface area contributed by atoms with Crippen molar-refractivity contribution in [3.8, 4) is 0 Å². The number of fused-ring (bicyclic) bond motifs is 1. The fraction of sp³-hybridized carbons (Fsp3) is 0.471. The van der Waals surface area contributed by atoms with Gasteiger partial charge in [-0.2, -0.15) is 0 Å². The summed E-state index contributed by atoms with van der Waals surface area (Å²) in [7, 11) is 1.60. The number of hydrogen-bond acceptors (Lipinski definition) is 5. The Hall–Kier alpha value is -1.86. The third-order valence-corrected chi connectivity index (χ3v) is 4.48. The number of aromatic nitrogens is 2. The van der Waals surface area contributed by atoms with Crippen LogP contribution >= 0.6 is 11.8 Å². The minimum Gasteiger partial charge on any atom is -0.383 e. The number of rotatable bonds is 8. The monoisotopic (exact) mass is 349 g/mol. The number of para-hydroxylation sites is 1. The number of benzene rings is 1. The van der Waals surface area contributed by atoms with Crippen LogP contribution in [-0.4, -0.2) is 41.5 Å². The van der Waals surface area contributed by atoms with E-state index in [2.05, 4.69) is 10.3 Å². The molecule has 0 aliphatic rings. The van der Waals surface area contributed by atoms with Crippen molar-refractivity contribution in [2.75, 3.05) is 26.0 Å². The Bertz CT molecular complexity index is 760. The predicted molar refractivity (Wildman–Crippen MR) is 96.6 cm³/mol. The highest BCUT2D eigenvalue weighted by molar-refractivity contribution is 7.99. The molecule has 0 unspecified atom stereocenters. The zero-order valence-corrected chi connectivity index (χ0v) is 15.1. The number of hydrogen-bond donors (Lipinski definition) is 1. The van der Waals surface area contributed by atoms with E-state index in [-0.39, 0.29) is 23.3 Å². The lowest BCUT2D eigenvalue weighted by molar-refractivity contribution is -0.118. The first-order valence-electron chi connectivity index (χ1n) is 7.98. The molecule has 1 heterocycles. The first-order valence-corrected chi connectivity index (χ1v) is 8.96.